The predicted molar refractivity (Wildman–Crippen MR) is 81.2 cm³/mol. The highest BCUT2D eigenvalue weighted by molar-refractivity contribution is 6.83. The number of hydrogen-bond donors (Lipinski definition) is 1. The molecule has 0 amide bonds. The largest absolute Gasteiger partial charge is 0.507 e. The molecule has 0 aliphatic rings. The van der Waals surface area contributed by atoms with Gasteiger partial charge in [-0.05, 0) is 29.0 Å². The van der Waals surface area contributed by atoms with E-state index in [1.54, 1.807) is 12.1 Å². The van der Waals surface area contributed by atoms with Crippen LogP contribution in [0, 0.1) is 11.5 Å². The molecule has 19 heavy (non-hydrogen) atoms. The predicted octanol–water partition coefficient (Wildman–Crippen LogP) is 3.59. The molecule has 2 nitrogen and oxygen atoms in total. The Labute approximate surface area is 114 Å². The Morgan fingerprint density at radius 1 is 1.16 bits per heavy atom. The Morgan fingerprint density at radius 2 is 1.89 bits per heavy atom. The Kier molecular flexibility index (Phi) is 3.46. The number of phenolic OH excluding ortho intramolecular Hbond substituents is 1. The van der Waals surface area contributed by atoms with Crippen LogP contribution in [0.25, 0.3) is 10.8 Å². The highest BCUT2D eigenvalue weighted by atomic mass is 28.3. The van der Waals surface area contributed by atoms with Crippen molar-refractivity contribution >= 4 is 25.1 Å². The molecule has 0 aromatic heterocycles. The molecule has 0 aliphatic heterocycles. The lowest BCUT2D eigenvalue weighted by molar-refractivity contribution is 0.112. The number of fused-ring (bicyclic) bond motifs is 1. The zero-order valence-corrected chi connectivity index (χ0v) is 12.3. The number of aldehydes is 1. The van der Waals surface area contributed by atoms with Crippen LogP contribution in [0.5, 0.6) is 5.75 Å². The maximum absolute atomic E-state index is 11.0. The summed E-state index contributed by atoms with van der Waals surface area (Å²) in [5.41, 5.74) is 4.59. The van der Waals surface area contributed by atoms with Crippen LogP contribution in [0.4, 0.5) is 0 Å². The van der Waals surface area contributed by atoms with Crippen molar-refractivity contribution in [1.29, 1.82) is 0 Å². The van der Waals surface area contributed by atoms with E-state index in [1.807, 2.05) is 18.2 Å². The first kappa shape index (κ1) is 13.4. The first-order chi connectivity index (χ1) is 8.90. The van der Waals surface area contributed by atoms with Gasteiger partial charge in [0.05, 0.1) is 5.56 Å². The molecule has 96 valence electrons. The monoisotopic (exact) mass is 268 g/mol. The third-order valence-electron chi connectivity index (χ3n) is 2.74. The summed E-state index contributed by atoms with van der Waals surface area (Å²) in [7, 11) is -1.39. The summed E-state index contributed by atoms with van der Waals surface area (Å²) in [5.74, 6) is 3.21. The molecule has 0 atom stereocenters. The first-order valence-corrected chi connectivity index (χ1v) is 9.65. The fraction of sp³-hybridized carbons (Fsp3) is 0.188. The lowest BCUT2D eigenvalue weighted by Crippen LogP contribution is -2.16. The third-order valence-corrected chi connectivity index (χ3v) is 3.61. The topological polar surface area (TPSA) is 37.3 Å². The van der Waals surface area contributed by atoms with E-state index in [1.165, 1.54) is 0 Å². The number of aromatic hydroxyl groups is 1. The van der Waals surface area contributed by atoms with Crippen LogP contribution >= 0.6 is 0 Å². The van der Waals surface area contributed by atoms with Gasteiger partial charge in [-0.2, -0.15) is 0 Å². The van der Waals surface area contributed by atoms with Gasteiger partial charge in [0.1, 0.15) is 13.8 Å². The van der Waals surface area contributed by atoms with Crippen molar-refractivity contribution in [3.63, 3.8) is 0 Å². The van der Waals surface area contributed by atoms with E-state index in [-0.39, 0.29) is 5.75 Å². The van der Waals surface area contributed by atoms with Crippen LogP contribution < -0.4 is 0 Å². The van der Waals surface area contributed by atoms with E-state index in [4.69, 9.17) is 0 Å². The summed E-state index contributed by atoms with van der Waals surface area (Å²) in [5, 5.41) is 11.3. The molecular formula is C16H16O2Si. The van der Waals surface area contributed by atoms with Gasteiger partial charge in [0.25, 0.3) is 0 Å². The van der Waals surface area contributed by atoms with Gasteiger partial charge in [0.15, 0.2) is 6.29 Å². The Balaban J connectivity index is 2.56. The van der Waals surface area contributed by atoms with Crippen LogP contribution in [0.2, 0.25) is 19.6 Å². The van der Waals surface area contributed by atoms with Gasteiger partial charge < -0.3 is 5.11 Å². The van der Waals surface area contributed by atoms with Crippen molar-refractivity contribution < 1.29 is 9.90 Å². The van der Waals surface area contributed by atoms with Crippen molar-refractivity contribution in [3.05, 3.63) is 41.5 Å². The van der Waals surface area contributed by atoms with Crippen molar-refractivity contribution in [1.82, 2.24) is 0 Å². The van der Waals surface area contributed by atoms with E-state index >= 15 is 0 Å². The second-order valence-corrected chi connectivity index (χ2v) is 10.3. The molecule has 0 radical (unpaired) electrons. The van der Waals surface area contributed by atoms with Crippen LogP contribution in [0.3, 0.4) is 0 Å². The summed E-state index contributed by atoms with van der Waals surface area (Å²) in [6, 6.07) is 9.03. The standard InChI is InChI=1S/C16H16O2Si/c1-19(2,3)9-8-12-4-6-14-13(10-12)5-7-16(18)15(14)11-17/h4-7,10-11,18H,1-3H3. The molecule has 2 rings (SSSR count). The van der Waals surface area contributed by atoms with E-state index < -0.39 is 8.07 Å². The number of benzene rings is 2. The number of carbonyl (C=O) groups is 1. The first-order valence-electron chi connectivity index (χ1n) is 6.15. The van der Waals surface area contributed by atoms with E-state index in [0.29, 0.717) is 11.8 Å². The molecule has 2 aromatic carbocycles. The second-order valence-electron chi connectivity index (χ2n) is 5.55. The van der Waals surface area contributed by atoms with Gasteiger partial charge in [-0.3, -0.25) is 4.79 Å². The van der Waals surface area contributed by atoms with Crippen molar-refractivity contribution in [2.24, 2.45) is 0 Å². The summed E-state index contributed by atoms with van der Waals surface area (Å²) >= 11 is 0. The fourth-order valence-electron chi connectivity index (χ4n) is 1.80. The summed E-state index contributed by atoms with van der Waals surface area (Å²) in [4.78, 5) is 11.0. The van der Waals surface area contributed by atoms with Gasteiger partial charge in [0, 0.05) is 5.56 Å². The molecule has 0 bridgehead atoms. The van der Waals surface area contributed by atoms with E-state index in [0.717, 1.165) is 16.3 Å². The highest BCUT2D eigenvalue weighted by Gasteiger charge is 2.08. The zero-order chi connectivity index (χ0) is 14.0. The average molecular weight is 268 g/mol. The molecule has 0 saturated carbocycles. The second kappa shape index (κ2) is 4.91. The minimum absolute atomic E-state index is 0.0171. The van der Waals surface area contributed by atoms with E-state index in [2.05, 4.69) is 31.1 Å². The molecule has 0 aliphatic carbocycles. The lowest BCUT2D eigenvalue weighted by atomic mass is 10.0. The van der Waals surface area contributed by atoms with Gasteiger partial charge >= 0.3 is 0 Å². The molecule has 0 fully saturated rings. The van der Waals surface area contributed by atoms with Crippen molar-refractivity contribution in [2.75, 3.05) is 0 Å². The molecule has 3 heteroatoms. The lowest BCUT2D eigenvalue weighted by Gasteiger charge is -2.05. The number of rotatable bonds is 1. The average Bonchev–Trinajstić information content (AvgIpc) is 2.35. The van der Waals surface area contributed by atoms with Crippen molar-refractivity contribution in [2.45, 2.75) is 19.6 Å². The number of carbonyl (C=O) groups excluding carboxylic acids is 1. The van der Waals surface area contributed by atoms with Crippen LogP contribution in [0.15, 0.2) is 30.3 Å². The Hall–Kier alpha value is -2.05. The number of hydrogen-bond acceptors (Lipinski definition) is 2. The molecule has 0 saturated heterocycles. The summed E-state index contributed by atoms with van der Waals surface area (Å²) in [6.07, 6.45) is 0.686. The molecular weight excluding hydrogens is 252 g/mol. The quantitative estimate of drug-likeness (QED) is 0.487. The van der Waals surface area contributed by atoms with Crippen LogP contribution in [0.1, 0.15) is 15.9 Å². The van der Waals surface area contributed by atoms with Crippen molar-refractivity contribution in [3.8, 4) is 17.2 Å². The maximum Gasteiger partial charge on any atom is 0.154 e. The van der Waals surface area contributed by atoms with E-state index in [9.17, 15) is 9.90 Å². The summed E-state index contributed by atoms with van der Waals surface area (Å²) in [6.45, 7) is 6.59. The van der Waals surface area contributed by atoms with Gasteiger partial charge in [-0.1, -0.05) is 37.7 Å². The smallest absolute Gasteiger partial charge is 0.154 e. The Morgan fingerprint density at radius 3 is 2.53 bits per heavy atom. The summed E-state index contributed by atoms with van der Waals surface area (Å²) < 4.78 is 0. The van der Waals surface area contributed by atoms with Crippen LogP contribution in [-0.2, 0) is 0 Å². The maximum atomic E-state index is 11.0. The molecule has 0 unspecified atom stereocenters. The van der Waals surface area contributed by atoms with Gasteiger partial charge in [-0.15, -0.1) is 5.54 Å². The molecule has 0 heterocycles. The minimum Gasteiger partial charge on any atom is -0.507 e. The minimum atomic E-state index is -1.39. The molecule has 1 N–H and O–H groups in total. The highest BCUT2D eigenvalue weighted by Crippen LogP contribution is 2.26. The van der Waals surface area contributed by atoms with Gasteiger partial charge in [-0.25, -0.2) is 0 Å². The molecule has 2 aromatic rings. The fourth-order valence-corrected chi connectivity index (χ4v) is 2.32. The third kappa shape index (κ3) is 3.04. The normalized spacial score (nSPS) is 10.9. The SMILES string of the molecule is C[Si](C)(C)C#Cc1ccc2c(C=O)c(O)ccc2c1. The number of phenols is 1. The van der Waals surface area contributed by atoms with Crippen LogP contribution in [-0.4, -0.2) is 19.5 Å². The zero-order valence-electron chi connectivity index (χ0n) is 11.3. The van der Waals surface area contributed by atoms with Gasteiger partial charge in [0.2, 0.25) is 0 Å². The molecule has 0 spiro atoms. The Bertz CT molecular complexity index is 700.